The number of amides is 1. The van der Waals surface area contributed by atoms with Crippen LogP contribution >= 0.6 is 11.6 Å². The van der Waals surface area contributed by atoms with Gasteiger partial charge in [0.05, 0.1) is 0 Å². The van der Waals surface area contributed by atoms with E-state index in [0.717, 1.165) is 31.5 Å². The number of hydrogen-bond donors (Lipinski definition) is 0. The van der Waals surface area contributed by atoms with Crippen LogP contribution in [-0.2, 0) is 0 Å². The predicted molar refractivity (Wildman–Crippen MR) is 75.1 cm³/mol. The van der Waals surface area contributed by atoms with E-state index in [1.165, 1.54) is 5.56 Å². The number of rotatable bonds is 2. The summed E-state index contributed by atoms with van der Waals surface area (Å²) in [5.74, 6) is 0.699. The molecule has 2 nitrogen and oxygen atoms in total. The van der Waals surface area contributed by atoms with E-state index in [9.17, 15) is 4.79 Å². The van der Waals surface area contributed by atoms with E-state index in [4.69, 9.17) is 11.6 Å². The van der Waals surface area contributed by atoms with Gasteiger partial charge in [0.1, 0.15) is 0 Å². The fraction of sp³-hybridized carbons (Fsp3) is 0.533. The fourth-order valence-electron chi connectivity index (χ4n) is 2.44. The second kappa shape index (κ2) is 5.75. The molecule has 1 aliphatic rings. The van der Waals surface area contributed by atoms with Crippen LogP contribution in [0.3, 0.4) is 0 Å². The Bertz CT molecular complexity index is 405. The molecule has 0 saturated carbocycles. The first kappa shape index (κ1) is 13.4. The van der Waals surface area contributed by atoms with Crippen LogP contribution in [-0.4, -0.2) is 29.3 Å². The number of carbonyl (C=O) groups is 1. The van der Waals surface area contributed by atoms with E-state index in [1.54, 1.807) is 0 Å². The number of aryl methyl sites for hydroxylation is 1. The van der Waals surface area contributed by atoms with Gasteiger partial charge in [-0.25, -0.2) is 0 Å². The molecule has 0 aliphatic carbocycles. The van der Waals surface area contributed by atoms with Crippen molar-refractivity contribution in [3.8, 4) is 0 Å². The van der Waals surface area contributed by atoms with Crippen LogP contribution in [0.15, 0.2) is 24.3 Å². The predicted octanol–water partition coefficient (Wildman–Crippen LogP) is 3.47. The maximum absolute atomic E-state index is 12.3. The first-order valence-corrected chi connectivity index (χ1v) is 7.01. The van der Waals surface area contributed by atoms with Gasteiger partial charge in [-0.2, -0.15) is 0 Å². The lowest BCUT2D eigenvalue weighted by atomic mass is 9.93. The maximum atomic E-state index is 12.3. The van der Waals surface area contributed by atoms with Crippen LogP contribution in [0.2, 0.25) is 0 Å². The van der Waals surface area contributed by atoms with Gasteiger partial charge in [0.15, 0.2) is 0 Å². The van der Waals surface area contributed by atoms with Crippen LogP contribution in [0.25, 0.3) is 0 Å². The Morgan fingerprint density at radius 1 is 1.28 bits per heavy atom. The molecule has 1 aromatic carbocycles. The monoisotopic (exact) mass is 265 g/mol. The molecule has 0 N–H and O–H groups in total. The summed E-state index contributed by atoms with van der Waals surface area (Å²) in [5.41, 5.74) is 1.97. The van der Waals surface area contributed by atoms with Crippen molar-refractivity contribution in [2.45, 2.75) is 32.1 Å². The largest absolute Gasteiger partial charge is 0.339 e. The number of benzene rings is 1. The fourth-order valence-corrected chi connectivity index (χ4v) is 2.69. The second-order valence-electron chi connectivity index (χ2n) is 5.17. The molecule has 3 heteroatoms. The molecular weight excluding hydrogens is 246 g/mol. The summed E-state index contributed by atoms with van der Waals surface area (Å²) >= 11 is 6.11. The summed E-state index contributed by atoms with van der Waals surface area (Å²) in [6, 6.07) is 7.80. The van der Waals surface area contributed by atoms with Gasteiger partial charge in [-0.3, -0.25) is 4.79 Å². The van der Waals surface area contributed by atoms with Gasteiger partial charge in [-0.15, -0.1) is 11.6 Å². The standard InChI is InChI=1S/C15H20ClNO/c1-11-3-5-14(6-4-11)15(18)17-9-7-13(8-10-17)12(2)16/h3-6,12-13H,7-10H2,1-2H3. The molecule has 0 aromatic heterocycles. The first-order chi connectivity index (χ1) is 8.58. The van der Waals surface area contributed by atoms with Crippen molar-refractivity contribution in [3.05, 3.63) is 35.4 Å². The minimum absolute atomic E-state index is 0.149. The van der Waals surface area contributed by atoms with Crippen molar-refractivity contribution in [2.24, 2.45) is 5.92 Å². The lowest BCUT2D eigenvalue weighted by Crippen LogP contribution is -2.40. The van der Waals surface area contributed by atoms with E-state index in [2.05, 4.69) is 0 Å². The Labute approximate surface area is 114 Å². The van der Waals surface area contributed by atoms with E-state index in [-0.39, 0.29) is 11.3 Å². The number of hydrogen-bond acceptors (Lipinski definition) is 1. The highest BCUT2D eigenvalue weighted by Crippen LogP contribution is 2.24. The number of alkyl halides is 1. The van der Waals surface area contributed by atoms with Crippen LogP contribution < -0.4 is 0 Å². The summed E-state index contributed by atoms with van der Waals surface area (Å²) in [6.45, 7) is 5.73. The number of halogens is 1. The van der Waals surface area contributed by atoms with Gasteiger partial charge in [-0.05, 0) is 44.7 Å². The molecule has 1 aliphatic heterocycles. The number of likely N-dealkylation sites (tertiary alicyclic amines) is 1. The number of nitrogens with zero attached hydrogens (tertiary/aromatic N) is 1. The molecule has 0 radical (unpaired) electrons. The third-order valence-electron chi connectivity index (χ3n) is 3.77. The molecule has 0 bridgehead atoms. The molecule has 1 amide bonds. The summed E-state index contributed by atoms with van der Waals surface area (Å²) in [6.07, 6.45) is 2.03. The Balaban J connectivity index is 1.97. The highest BCUT2D eigenvalue weighted by atomic mass is 35.5. The average Bonchev–Trinajstić information content (AvgIpc) is 2.39. The molecule has 1 fully saturated rings. The quantitative estimate of drug-likeness (QED) is 0.750. The molecular formula is C15H20ClNO. The van der Waals surface area contributed by atoms with E-state index in [1.807, 2.05) is 43.0 Å². The normalized spacial score (nSPS) is 18.7. The second-order valence-corrected chi connectivity index (χ2v) is 5.86. The van der Waals surface area contributed by atoms with Crippen LogP contribution in [0.1, 0.15) is 35.7 Å². The van der Waals surface area contributed by atoms with Crippen molar-refractivity contribution in [1.82, 2.24) is 4.90 Å². The zero-order chi connectivity index (χ0) is 13.1. The topological polar surface area (TPSA) is 20.3 Å². The molecule has 1 heterocycles. The summed E-state index contributed by atoms with van der Waals surface area (Å²) < 4.78 is 0. The van der Waals surface area contributed by atoms with Crippen molar-refractivity contribution < 1.29 is 4.79 Å². The Morgan fingerprint density at radius 2 is 1.83 bits per heavy atom. The minimum atomic E-state index is 0.149. The van der Waals surface area contributed by atoms with Crippen molar-refractivity contribution >= 4 is 17.5 Å². The highest BCUT2D eigenvalue weighted by molar-refractivity contribution is 6.20. The number of carbonyl (C=O) groups excluding carboxylic acids is 1. The molecule has 1 atom stereocenters. The zero-order valence-corrected chi connectivity index (χ0v) is 11.8. The Morgan fingerprint density at radius 3 is 2.33 bits per heavy atom. The van der Waals surface area contributed by atoms with Gasteiger partial charge in [0, 0.05) is 24.0 Å². The van der Waals surface area contributed by atoms with Crippen LogP contribution in [0, 0.1) is 12.8 Å². The Hall–Kier alpha value is -1.02. The van der Waals surface area contributed by atoms with Crippen LogP contribution in [0.4, 0.5) is 0 Å². The molecule has 0 spiro atoms. The third kappa shape index (κ3) is 3.05. The highest BCUT2D eigenvalue weighted by Gasteiger charge is 2.25. The van der Waals surface area contributed by atoms with Gasteiger partial charge in [-0.1, -0.05) is 17.7 Å². The van der Waals surface area contributed by atoms with Crippen molar-refractivity contribution in [1.29, 1.82) is 0 Å². The lowest BCUT2D eigenvalue weighted by Gasteiger charge is -2.33. The molecule has 1 aromatic rings. The first-order valence-electron chi connectivity index (χ1n) is 6.58. The SMILES string of the molecule is Cc1ccc(C(=O)N2CCC(C(C)Cl)CC2)cc1. The van der Waals surface area contributed by atoms with Crippen molar-refractivity contribution in [2.75, 3.05) is 13.1 Å². The van der Waals surface area contributed by atoms with E-state index >= 15 is 0 Å². The molecule has 18 heavy (non-hydrogen) atoms. The van der Waals surface area contributed by atoms with Crippen molar-refractivity contribution in [3.63, 3.8) is 0 Å². The summed E-state index contributed by atoms with van der Waals surface area (Å²) in [7, 11) is 0. The lowest BCUT2D eigenvalue weighted by molar-refractivity contribution is 0.0690. The molecule has 1 unspecified atom stereocenters. The summed E-state index contributed by atoms with van der Waals surface area (Å²) in [5, 5.41) is 0.210. The smallest absolute Gasteiger partial charge is 0.253 e. The summed E-state index contributed by atoms with van der Waals surface area (Å²) in [4.78, 5) is 14.2. The van der Waals surface area contributed by atoms with Gasteiger partial charge >= 0.3 is 0 Å². The van der Waals surface area contributed by atoms with Gasteiger partial charge in [0.2, 0.25) is 0 Å². The maximum Gasteiger partial charge on any atom is 0.253 e. The van der Waals surface area contributed by atoms with E-state index in [0.29, 0.717) is 5.92 Å². The molecule has 98 valence electrons. The molecule has 1 saturated heterocycles. The third-order valence-corrected chi connectivity index (χ3v) is 4.13. The minimum Gasteiger partial charge on any atom is -0.339 e. The zero-order valence-electron chi connectivity index (χ0n) is 11.0. The average molecular weight is 266 g/mol. The van der Waals surface area contributed by atoms with E-state index < -0.39 is 0 Å². The van der Waals surface area contributed by atoms with Gasteiger partial charge < -0.3 is 4.90 Å². The molecule has 2 rings (SSSR count). The van der Waals surface area contributed by atoms with Gasteiger partial charge in [0.25, 0.3) is 5.91 Å². The Kier molecular flexibility index (Phi) is 4.28. The van der Waals surface area contributed by atoms with Crippen LogP contribution in [0.5, 0.6) is 0 Å². The number of piperidine rings is 1.